The van der Waals surface area contributed by atoms with Crippen molar-refractivity contribution in [2.45, 2.75) is 19.9 Å². The first kappa shape index (κ1) is 14.9. The molecule has 0 saturated carbocycles. The fourth-order valence-corrected chi connectivity index (χ4v) is 2.60. The molecule has 0 aliphatic rings. The van der Waals surface area contributed by atoms with Crippen molar-refractivity contribution in [3.8, 4) is 0 Å². The second-order valence-electron chi connectivity index (χ2n) is 4.20. The van der Waals surface area contributed by atoms with Gasteiger partial charge in [0.1, 0.15) is 0 Å². The Hall–Kier alpha value is -1.52. The van der Waals surface area contributed by atoms with Crippen molar-refractivity contribution in [3.63, 3.8) is 0 Å². The molecule has 0 bridgehead atoms. The number of carbonyl (C=O) groups is 1. The standard InChI is InChI=1S/C14H14Cl2N2O2/c1-3-20-13(19)11-12(15)17-14(16)18(11)9(2)10-7-5-4-6-8-10/h4-9H,3H2,1-2H3/t9-/m1/s1. The third kappa shape index (κ3) is 2.81. The maximum absolute atomic E-state index is 12.0. The molecule has 1 atom stereocenters. The van der Waals surface area contributed by atoms with Gasteiger partial charge in [-0.25, -0.2) is 9.78 Å². The van der Waals surface area contributed by atoms with Gasteiger partial charge in [0.25, 0.3) is 0 Å². The van der Waals surface area contributed by atoms with Crippen LogP contribution in [0.3, 0.4) is 0 Å². The second-order valence-corrected chi connectivity index (χ2v) is 4.89. The van der Waals surface area contributed by atoms with Gasteiger partial charge < -0.3 is 9.30 Å². The second kappa shape index (κ2) is 6.29. The largest absolute Gasteiger partial charge is 0.461 e. The normalized spacial score (nSPS) is 12.2. The van der Waals surface area contributed by atoms with Crippen LogP contribution in [0, 0.1) is 0 Å². The van der Waals surface area contributed by atoms with E-state index in [9.17, 15) is 4.79 Å². The van der Waals surface area contributed by atoms with Crippen LogP contribution in [-0.2, 0) is 4.74 Å². The number of halogens is 2. The van der Waals surface area contributed by atoms with E-state index in [4.69, 9.17) is 27.9 Å². The van der Waals surface area contributed by atoms with Crippen LogP contribution in [0.15, 0.2) is 30.3 Å². The fraction of sp³-hybridized carbons (Fsp3) is 0.286. The molecule has 1 heterocycles. The number of rotatable bonds is 4. The minimum absolute atomic E-state index is 0.0521. The molecule has 106 valence electrons. The van der Waals surface area contributed by atoms with Crippen molar-refractivity contribution in [1.82, 2.24) is 9.55 Å². The molecule has 1 aromatic carbocycles. The molecule has 0 saturated heterocycles. The van der Waals surface area contributed by atoms with Crippen molar-refractivity contribution in [1.29, 1.82) is 0 Å². The van der Waals surface area contributed by atoms with Crippen molar-refractivity contribution >= 4 is 29.2 Å². The lowest BCUT2D eigenvalue weighted by Gasteiger charge is -2.17. The monoisotopic (exact) mass is 312 g/mol. The maximum atomic E-state index is 12.0. The Labute approximate surface area is 127 Å². The average molecular weight is 313 g/mol. The molecule has 1 aromatic heterocycles. The number of carbonyl (C=O) groups excluding carboxylic acids is 1. The molecule has 0 amide bonds. The van der Waals surface area contributed by atoms with Gasteiger partial charge in [0, 0.05) is 0 Å². The molecule has 2 aromatic rings. The van der Waals surface area contributed by atoms with Gasteiger partial charge in [-0.3, -0.25) is 0 Å². The van der Waals surface area contributed by atoms with E-state index in [1.807, 2.05) is 37.3 Å². The highest BCUT2D eigenvalue weighted by molar-refractivity contribution is 6.34. The number of hydrogen-bond acceptors (Lipinski definition) is 3. The molecule has 2 rings (SSSR count). The molecule has 0 spiro atoms. The smallest absolute Gasteiger partial charge is 0.358 e. The van der Waals surface area contributed by atoms with E-state index in [1.54, 1.807) is 11.5 Å². The Morgan fingerprint density at radius 2 is 2.00 bits per heavy atom. The third-order valence-electron chi connectivity index (χ3n) is 2.96. The summed E-state index contributed by atoms with van der Waals surface area (Å²) >= 11 is 12.1. The lowest BCUT2D eigenvalue weighted by molar-refractivity contribution is 0.0513. The first-order valence-corrected chi connectivity index (χ1v) is 6.97. The number of esters is 1. The van der Waals surface area contributed by atoms with Crippen molar-refractivity contribution in [2.75, 3.05) is 6.61 Å². The van der Waals surface area contributed by atoms with Gasteiger partial charge in [-0.15, -0.1) is 0 Å². The summed E-state index contributed by atoms with van der Waals surface area (Å²) in [5.74, 6) is -0.528. The Morgan fingerprint density at radius 1 is 1.35 bits per heavy atom. The van der Waals surface area contributed by atoms with Crippen molar-refractivity contribution in [3.05, 3.63) is 52.0 Å². The van der Waals surface area contributed by atoms with Gasteiger partial charge in [-0.1, -0.05) is 41.9 Å². The van der Waals surface area contributed by atoms with Gasteiger partial charge >= 0.3 is 5.97 Å². The number of nitrogens with zero attached hydrogens (tertiary/aromatic N) is 2. The summed E-state index contributed by atoms with van der Waals surface area (Å²) in [4.78, 5) is 16.0. The molecule has 0 unspecified atom stereocenters. The molecule has 0 radical (unpaired) electrons. The fourth-order valence-electron chi connectivity index (χ4n) is 2.00. The molecule has 0 aliphatic carbocycles. The van der Waals surface area contributed by atoms with Crippen molar-refractivity contribution in [2.24, 2.45) is 0 Å². The van der Waals surface area contributed by atoms with Gasteiger partial charge in [0.05, 0.1) is 12.6 Å². The van der Waals surface area contributed by atoms with Gasteiger partial charge in [0.15, 0.2) is 10.8 Å². The van der Waals surface area contributed by atoms with E-state index < -0.39 is 5.97 Å². The summed E-state index contributed by atoms with van der Waals surface area (Å²) in [5, 5.41) is 0.214. The summed E-state index contributed by atoms with van der Waals surface area (Å²) in [7, 11) is 0. The molecule has 0 fully saturated rings. The quantitative estimate of drug-likeness (QED) is 0.802. The summed E-state index contributed by atoms with van der Waals surface area (Å²) in [6, 6.07) is 9.48. The predicted octanol–water partition coefficient (Wildman–Crippen LogP) is 3.98. The number of imidazole rings is 1. The molecule has 0 N–H and O–H groups in total. The van der Waals surface area contributed by atoms with E-state index in [1.165, 1.54) is 0 Å². The summed E-state index contributed by atoms with van der Waals surface area (Å²) in [6.45, 7) is 3.91. The SMILES string of the molecule is CCOC(=O)c1c(Cl)nc(Cl)n1[C@H](C)c1ccccc1. The Balaban J connectivity index is 2.48. The number of benzene rings is 1. The van der Waals surface area contributed by atoms with Crippen LogP contribution in [-0.4, -0.2) is 22.1 Å². The number of aromatic nitrogens is 2. The molecular weight excluding hydrogens is 299 g/mol. The van der Waals surface area contributed by atoms with Crippen LogP contribution in [0.2, 0.25) is 10.4 Å². The van der Waals surface area contributed by atoms with Gasteiger partial charge in [0.2, 0.25) is 5.28 Å². The highest BCUT2D eigenvalue weighted by atomic mass is 35.5. The lowest BCUT2D eigenvalue weighted by Crippen LogP contribution is -2.16. The first-order chi connectivity index (χ1) is 9.56. The topological polar surface area (TPSA) is 44.1 Å². The minimum atomic E-state index is -0.528. The van der Waals surface area contributed by atoms with Crippen molar-refractivity contribution < 1.29 is 9.53 Å². The number of ether oxygens (including phenoxy) is 1. The lowest BCUT2D eigenvalue weighted by atomic mass is 10.1. The first-order valence-electron chi connectivity index (χ1n) is 6.21. The van der Waals surface area contributed by atoms with E-state index in [-0.39, 0.29) is 28.8 Å². The van der Waals surface area contributed by atoms with Crippen LogP contribution < -0.4 is 0 Å². The zero-order valence-corrected chi connectivity index (χ0v) is 12.6. The molecule has 20 heavy (non-hydrogen) atoms. The van der Waals surface area contributed by atoms with Crippen LogP contribution in [0.25, 0.3) is 0 Å². The van der Waals surface area contributed by atoms with Crippen LogP contribution in [0.4, 0.5) is 0 Å². The van der Waals surface area contributed by atoms with Crippen LogP contribution >= 0.6 is 23.2 Å². The Bertz CT molecular complexity index is 611. The molecule has 6 heteroatoms. The molecular formula is C14H14Cl2N2O2. The van der Waals surface area contributed by atoms with E-state index in [0.29, 0.717) is 0 Å². The zero-order chi connectivity index (χ0) is 14.7. The van der Waals surface area contributed by atoms with Gasteiger partial charge in [-0.2, -0.15) is 0 Å². The van der Waals surface area contributed by atoms with Gasteiger partial charge in [-0.05, 0) is 31.0 Å². The maximum Gasteiger partial charge on any atom is 0.358 e. The average Bonchev–Trinajstić information content (AvgIpc) is 2.74. The van der Waals surface area contributed by atoms with E-state index >= 15 is 0 Å². The summed E-state index contributed by atoms with van der Waals surface area (Å²) in [6.07, 6.45) is 0. The minimum Gasteiger partial charge on any atom is -0.461 e. The van der Waals surface area contributed by atoms with Crippen LogP contribution in [0.1, 0.15) is 35.9 Å². The van der Waals surface area contributed by atoms with Crippen LogP contribution in [0.5, 0.6) is 0 Å². The third-order valence-corrected chi connectivity index (χ3v) is 3.49. The predicted molar refractivity (Wildman–Crippen MR) is 78.5 cm³/mol. The zero-order valence-electron chi connectivity index (χ0n) is 11.1. The number of hydrogen-bond donors (Lipinski definition) is 0. The molecule has 4 nitrogen and oxygen atoms in total. The highest BCUT2D eigenvalue weighted by Gasteiger charge is 2.26. The summed E-state index contributed by atoms with van der Waals surface area (Å²) < 4.78 is 6.59. The summed E-state index contributed by atoms with van der Waals surface area (Å²) in [5.41, 5.74) is 1.17. The molecule has 0 aliphatic heterocycles. The van der Waals surface area contributed by atoms with E-state index in [2.05, 4.69) is 4.98 Å². The van der Waals surface area contributed by atoms with E-state index in [0.717, 1.165) is 5.56 Å². The highest BCUT2D eigenvalue weighted by Crippen LogP contribution is 2.29. The Morgan fingerprint density at radius 3 is 2.60 bits per heavy atom. The Kier molecular flexibility index (Phi) is 4.68.